The maximum atomic E-state index is 12.4. The molecule has 0 saturated heterocycles. The Labute approximate surface area is 135 Å². The quantitative estimate of drug-likeness (QED) is 0.878. The highest BCUT2D eigenvalue weighted by atomic mass is 32.2. The van der Waals surface area contributed by atoms with Gasteiger partial charge in [-0.3, -0.25) is 10.0 Å². The van der Waals surface area contributed by atoms with Gasteiger partial charge >= 0.3 is 6.09 Å². The van der Waals surface area contributed by atoms with Gasteiger partial charge in [-0.05, 0) is 49.7 Å². The predicted molar refractivity (Wildman–Crippen MR) is 89.1 cm³/mol. The van der Waals surface area contributed by atoms with E-state index in [1.165, 1.54) is 24.3 Å². The van der Waals surface area contributed by atoms with Crippen molar-refractivity contribution in [2.24, 2.45) is 0 Å². The number of carbonyl (C=O) groups excluding carboxylic acids is 1. The molecule has 0 aliphatic carbocycles. The number of sulfonamides is 1. The third-order valence-corrected chi connectivity index (χ3v) is 4.46. The minimum atomic E-state index is -3.69. The van der Waals surface area contributed by atoms with E-state index in [9.17, 15) is 13.2 Å². The molecule has 0 bridgehead atoms. The first-order valence-corrected chi connectivity index (χ1v) is 8.53. The lowest BCUT2D eigenvalue weighted by Gasteiger charge is -2.11. The van der Waals surface area contributed by atoms with Gasteiger partial charge in [0, 0.05) is 5.69 Å². The summed E-state index contributed by atoms with van der Waals surface area (Å²) in [6, 6.07) is 13.0. The summed E-state index contributed by atoms with van der Waals surface area (Å²) in [6.07, 6.45) is -0.582. The topological polar surface area (TPSA) is 84.5 Å². The highest BCUT2D eigenvalue weighted by molar-refractivity contribution is 7.92. The highest BCUT2D eigenvalue weighted by Crippen LogP contribution is 2.20. The van der Waals surface area contributed by atoms with Crippen molar-refractivity contribution in [1.29, 1.82) is 0 Å². The van der Waals surface area contributed by atoms with Crippen LogP contribution in [0.5, 0.6) is 0 Å². The van der Waals surface area contributed by atoms with Crippen LogP contribution in [-0.2, 0) is 14.8 Å². The molecule has 2 rings (SSSR count). The SMILES string of the molecule is CCOC(=O)Nc1ccc(S(=O)(=O)Nc2ccccc2C)cc1. The minimum absolute atomic E-state index is 0.107. The highest BCUT2D eigenvalue weighted by Gasteiger charge is 2.15. The van der Waals surface area contributed by atoms with Gasteiger partial charge in [0.05, 0.1) is 17.2 Å². The van der Waals surface area contributed by atoms with Crippen LogP contribution in [0.25, 0.3) is 0 Å². The summed E-state index contributed by atoms with van der Waals surface area (Å²) < 4.78 is 32.0. The Hall–Kier alpha value is -2.54. The second-order valence-corrected chi connectivity index (χ2v) is 6.47. The molecular formula is C16H18N2O4S. The van der Waals surface area contributed by atoms with E-state index >= 15 is 0 Å². The molecule has 0 atom stereocenters. The fraction of sp³-hybridized carbons (Fsp3) is 0.188. The first kappa shape index (κ1) is 16.8. The predicted octanol–water partition coefficient (Wildman–Crippen LogP) is 3.36. The van der Waals surface area contributed by atoms with Crippen LogP contribution in [0.4, 0.5) is 16.2 Å². The van der Waals surface area contributed by atoms with Gasteiger partial charge in [0.15, 0.2) is 0 Å². The summed E-state index contributed by atoms with van der Waals surface area (Å²) in [6.45, 7) is 3.79. The molecule has 2 N–H and O–H groups in total. The molecule has 0 saturated carbocycles. The second-order valence-electron chi connectivity index (χ2n) is 4.79. The molecule has 2 aromatic rings. The number of benzene rings is 2. The van der Waals surface area contributed by atoms with Crippen molar-refractivity contribution in [2.45, 2.75) is 18.7 Å². The minimum Gasteiger partial charge on any atom is -0.450 e. The van der Waals surface area contributed by atoms with E-state index in [0.717, 1.165) is 5.56 Å². The monoisotopic (exact) mass is 334 g/mol. The molecular weight excluding hydrogens is 316 g/mol. The molecule has 0 aliphatic rings. The number of carbonyl (C=O) groups is 1. The zero-order valence-corrected chi connectivity index (χ0v) is 13.7. The smallest absolute Gasteiger partial charge is 0.411 e. The second kappa shape index (κ2) is 7.15. The van der Waals surface area contributed by atoms with Gasteiger partial charge in [-0.1, -0.05) is 18.2 Å². The number of nitrogens with one attached hydrogen (secondary N) is 2. The fourth-order valence-electron chi connectivity index (χ4n) is 1.89. The number of ether oxygens (including phenoxy) is 1. The van der Waals surface area contributed by atoms with Gasteiger partial charge < -0.3 is 4.74 Å². The molecule has 0 unspecified atom stereocenters. The largest absolute Gasteiger partial charge is 0.450 e. The maximum Gasteiger partial charge on any atom is 0.411 e. The van der Waals surface area contributed by atoms with Crippen molar-refractivity contribution in [3.8, 4) is 0 Å². The molecule has 2 aromatic carbocycles. The molecule has 7 heteroatoms. The summed E-state index contributed by atoms with van der Waals surface area (Å²) in [4.78, 5) is 11.4. The number of rotatable bonds is 5. The van der Waals surface area contributed by atoms with Crippen LogP contribution < -0.4 is 10.0 Å². The van der Waals surface area contributed by atoms with Crippen LogP contribution in [0.15, 0.2) is 53.4 Å². The Kier molecular flexibility index (Phi) is 5.23. The fourth-order valence-corrected chi connectivity index (χ4v) is 3.02. The number of para-hydroxylation sites is 1. The van der Waals surface area contributed by atoms with Crippen LogP contribution in [0.3, 0.4) is 0 Å². The van der Waals surface area contributed by atoms with Gasteiger partial charge in [0.2, 0.25) is 0 Å². The lowest BCUT2D eigenvalue weighted by Crippen LogP contribution is -2.15. The van der Waals surface area contributed by atoms with E-state index in [1.807, 2.05) is 19.1 Å². The standard InChI is InChI=1S/C16H18N2O4S/c1-3-22-16(19)17-13-8-10-14(11-9-13)23(20,21)18-15-7-5-4-6-12(15)2/h4-11,18H,3H2,1-2H3,(H,17,19). The van der Waals surface area contributed by atoms with Crippen molar-refractivity contribution in [2.75, 3.05) is 16.6 Å². The zero-order chi connectivity index (χ0) is 16.9. The molecule has 0 spiro atoms. The van der Waals surface area contributed by atoms with Crippen molar-refractivity contribution >= 4 is 27.5 Å². The van der Waals surface area contributed by atoms with Gasteiger partial charge in [-0.2, -0.15) is 0 Å². The maximum absolute atomic E-state index is 12.4. The van der Waals surface area contributed by atoms with Crippen molar-refractivity contribution in [3.63, 3.8) is 0 Å². The van der Waals surface area contributed by atoms with Crippen LogP contribution in [0.1, 0.15) is 12.5 Å². The molecule has 0 aliphatic heterocycles. The number of hydrogen-bond donors (Lipinski definition) is 2. The third kappa shape index (κ3) is 4.46. The van der Waals surface area contributed by atoms with E-state index in [0.29, 0.717) is 11.4 Å². The van der Waals surface area contributed by atoms with Gasteiger partial charge in [-0.15, -0.1) is 0 Å². The average molecular weight is 334 g/mol. The molecule has 1 amide bonds. The van der Waals surface area contributed by atoms with E-state index in [-0.39, 0.29) is 11.5 Å². The van der Waals surface area contributed by atoms with E-state index in [2.05, 4.69) is 10.0 Å². The van der Waals surface area contributed by atoms with Crippen molar-refractivity contribution in [1.82, 2.24) is 0 Å². The Morgan fingerprint density at radius 2 is 1.74 bits per heavy atom. The number of amides is 1. The first-order valence-electron chi connectivity index (χ1n) is 7.04. The Morgan fingerprint density at radius 1 is 1.09 bits per heavy atom. The Balaban J connectivity index is 2.14. The van der Waals surface area contributed by atoms with Gasteiger partial charge in [-0.25, -0.2) is 13.2 Å². The summed E-state index contributed by atoms with van der Waals surface area (Å²) in [5, 5.41) is 2.50. The van der Waals surface area contributed by atoms with E-state index < -0.39 is 16.1 Å². The van der Waals surface area contributed by atoms with Crippen LogP contribution in [-0.4, -0.2) is 21.1 Å². The van der Waals surface area contributed by atoms with E-state index in [1.54, 1.807) is 19.1 Å². The van der Waals surface area contributed by atoms with Crippen LogP contribution in [0.2, 0.25) is 0 Å². The lowest BCUT2D eigenvalue weighted by molar-refractivity contribution is 0.168. The summed E-state index contributed by atoms with van der Waals surface area (Å²) in [5.41, 5.74) is 1.82. The summed E-state index contributed by atoms with van der Waals surface area (Å²) in [7, 11) is -3.69. The molecule has 0 heterocycles. The van der Waals surface area contributed by atoms with Gasteiger partial charge in [0.1, 0.15) is 0 Å². The summed E-state index contributed by atoms with van der Waals surface area (Å²) >= 11 is 0. The molecule has 122 valence electrons. The normalized spacial score (nSPS) is 10.9. The third-order valence-electron chi connectivity index (χ3n) is 3.08. The van der Waals surface area contributed by atoms with Crippen molar-refractivity contribution in [3.05, 3.63) is 54.1 Å². The number of hydrogen-bond acceptors (Lipinski definition) is 4. The van der Waals surface area contributed by atoms with Crippen LogP contribution >= 0.6 is 0 Å². The molecule has 0 radical (unpaired) electrons. The Morgan fingerprint density at radius 3 is 2.35 bits per heavy atom. The van der Waals surface area contributed by atoms with Crippen molar-refractivity contribution < 1.29 is 17.9 Å². The molecule has 0 aromatic heterocycles. The number of anilines is 2. The Bertz CT molecular complexity index is 786. The zero-order valence-electron chi connectivity index (χ0n) is 12.9. The molecule has 0 fully saturated rings. The van der Waals surface area contributed by atoms with E-state index in [4.69, 9.17) is 4.74 Å². The molecule has 6 nitrogen and oxygen atoms in total. The van der Waals surface area contributed by atoms with Crippen LogP contribution in [0, 0.1) is 6.92 Å². The lowest BCUT2D eigenvalue weighted by atomic mass is 10.2. The molecule has 23 heavy (non-hydrogen) atoms. The average Bonchev–Trinajstić information content (AvgIpc) is 2.50. The van der Waals surface area contributed by atoms with Gasteiger partial charge in [0.25, 0.3) is 10.0 Å². The number of aryl methyl sites for hydroxylation is 1. The summed E-state index contributed by atoms with van der Waals surface area (Å²) in [5.74, 6) is 0. The first-order chi connectivity index (χ1) is 10.9.